The lowest BCUT2D eigenvalue weighted by molar-refractivity contribution is -0.0410. The highest BCUT2D eigenvalue weighted by atomic mass is 16.6. The van der Waals surface area contributed by atoms with Gasteiger partial charge in [0.15, 0.2) is 0 Å². The van der Waals surface area contributed by atoms with Crippen molar-refractivity contribution in [2.45, 2.75) is 58.5 Å². The smallest absolute Gasteiger partial charge is 0.410 e. The molecule has 1 unspecified atom stereocenters. The first-order valence-electron chi connectivity index (χ1n) is 7.45. The van der Waals surface area contributed by atoms with Crippen molar-refractivity contribution in [3.8, 4) is 0 Å². The number of piperidine rings is 1. The SMILES string of the molecule is C=CCC1CCC12CCN(C(=O)OC(C)(C)C)CC2. The molecule has 2 aliphatic rings. The van der Waals surface area contributed by atoms with Crippen molar-refractivity contribution in [1.82, 2.24) is 4.90 Å². The van der Waals surface area contributed by atoms with Crippen LogP contribution in [0.3, 0.4) is 0 Å². The third kappa shape index (κ3) is 3.13. The van der Waals surface area contributed by atoms with Gasteiger partial charge in [-0.3, -0.25) is 0 Å². The fourth-order valence-electron chi connectivity index (χ4n) is 3.45. The fourth-order valence-corrected chi connectivity index (χ4v) is 3.45. The molecule has 0 bridgehead atoms. The topological polar surface area (TPSA) is 29.5 Å². The molecule has 2 rings (SSSR count). The number of amides is 1. The zero-order valence-electron chi connectivity index (χ0n) is 12.6. The highest BCUT2D eigenvalue weighted by Gasteiger charge is 2.47. The van der Waals surface area contributed by atoms with Gasteiger partial charge in [0.25, 0.3) is 0 Å². The molecule has 108 valence electrons. The summed E-state index contributed by atoms with van der Waals surface area (Å²) in [6, 6.07) is 0. The van der Waals surface area contributed by atoms with Crippen LogP contribution in [0.5, 0.6) is 0 Å². The second-order valence-electron chi connectivity index (χ2n) is 7.09. The lowest BCUT2D eigenvalue weighted by Crippen LogP contribution is -2.51. The van der Waals surface area contributed by atoms with E-state index in [1.165, 1.54) is 12.8 Å². The van der Waals surface area contributed by atoms with Crippen LogP contribution >= 0.6 is 0 Å². The van der Waals surface area contributed by atoms with E-state index >= 15 is 0 Å². The van der Waals surface area contributed by atoms with Gasteiger partial charge in [-0.15, -0.1) is 6.58 Å². The van der Waals surface area contributed by atoms with E-state index < -0.39 is 5.60 Å². The van der Waals surface area contributed by atoms with E-state index in [1.54, 1.807) is 0 Å². The van der Waals surface area contributed by atoms with Gasteiger partial charge in [0.1, 0.15) is 5.60 Å². The van der Waals surface area contributed by atoms with Gasteiger partial charge in [0, 0.05) is 13.1 Å². The maximum Gasteiger partial charge on any atom is 0.410 e. The molecule has 3 nitrogen and oxygen atoms in total. The summed E-state index contributed by atoms with van der Waals surface area (Å²) < 4.78 is 5.44. The van der Waals surface area contributed by atoms with Gasteiger partial charge in [0.05, 0.1) is 0 Å². The van der Waals surface area contributed by atoms with Gasteiger partial charge in [0.2, 0.25) is 0 Å². The summed E-state index contributed by atoms with van der Waals surface area (Å²) >= 11 is 0. The Morgan fingerprint density at radius 3 is 2.42 bits per heavy atom. The second-order valence-corrected chi connectivity index (χ2v) is 7.09. The third-order valence-electron chi connectivity index (χ3n) is 4.72. The molecule has 1 aliphatic carbocycles. The minimum Gasteiger partial charge on any atom is -0.444 e. The van der Waals surface area contributed by atoms with E-state index in [9.17, 15) is 4.79 Å². The first-order valence-corrected chi connectivity index (χ1v) is 7.45. The summed E-state index contributed by atoms with van der Waals surface area (Å²) in [5, 5.41) is 0. The summed E-state index contributed by atoms with van der Waals surface area (Å²) in [6.07, 6.45) is 7.95. The van der Waals surface area contributed by atoms with Gasteiger partial charge in [-0.2, -0.15) is 0 Å². The lowest BCUT2D eigenvalue weighted by atomic mass is 9.55. The number of carbonyl (C=O) groups excluding carboxylic acids is 1. The summed E-state index contributed by atoms with van der Waals surface area (Å²) in [4.78, 5) is 13.9. The van der Waals surface area contributed by atoms with E-state index in [2.05, 4.69) is 6.58 Å². The zero-order valence-corrected chi connectivity index (χ0v) is 12.6. The van der Waals surface area contributed by atoms with Gasteiger partial charge in [-0.25, -0.2) is 4.79 Å². The quantitative estimate of drug-likeness (QED) is 0.706. The number of allylic oxidation sites excluding steroid dienone is 1. The highest BCUT2D eigenvalue weighted by molar-refractivity contribution is 5.68. The molecule has 0 aromatic heterocycles. The Hall–Kier alpha value is -0.990. The van der Waals surface area contributed by atoms with Crippen LogP contribution in [-0.4, -0.2) is 29.7 Å². The van der Waals surface area contributed by atoms with E-state index in [4.69, 9.17) is 4.74 Å². The van der Waals surface area contributed by atoms with Crippen molar-refractivity contribution in [3.63, 3.8) is 0 Å². The van der Waals surface area contributed by atoms with Gasteiger partial charge >= 0.3 is 6.09 Å². The first-order chi connectivity index (χ1) is 8.86. The van der Waals surface area contributed by atoms with Crippen molar-refractivity contribution in [1.29, 1.82) is 0 Å². The zero-order chi connectivity index (χ0) is 14.1. The number of hydrogen-bond acceptors (Lipinski definition) is 2. The third-order valence-corrected chi connectivity index (χ3v) is 4.72. The fraction of sp³-hybridized carbons (Fsp3) is 0.812. The van der Waals surface area contributed by atoms with Gasteiger partial charge < -0.3 is 9.64 Å². The minimum absolute atomic E-state index is 0.151. The molecule has 1 saturated heterocycles. The molecule has 0 N–H and O–H groups in total. The average Bonchev–Trinajstić information content (AvgIpc) is 2.33. The molecule has 1 heterocycles. The lowest BCUT2D eigenvalue weighted by Gasteiger charge is -2.54. The molecule has 19 heavy (non-hydrogen) atoms. The van der Waals surface area contributed by atoms with Crippen molar-refractivity contribution < 1.29 is 9.53 Å². The van der Waals surface area contributed by atoms with Crippen LogP contribution in [0.2, 0.25) is 0 Å². The minimum atomic E-state index is -0.395. The molecule has 1 amide bonds. The summed E-state index contributed by atoms with van der Waals surface area (Å²) in [7, 11) is 0. The van der Waals surface area contributed by atoms with Crippen LogP contribution in [0, 0.1) is 11.3 Å². The number of carbonyl (C=O) groups is 1. The van der Waals surface area contributed by atoms with E-state index in [0.717, 1.165) is 38.3 Å². The van der Waals surface area contributed by atoms with Crippen molar-refractivity contribution in [2.75, 3.05) is 13.1 Å². The van der Waals surface area contributed by atoms with Gasteiger partial charge in [-0.05, 0) is 64.2 Å². The van der Waals surface area contributed by atoms with Crippen LogP contribution in [0.4, 0.5) is 4.79 Å². The largest absolute Gasteiger partial charge is 0.444 e. The summed E-state index contributed by atoms with van der Waals surface area (Å²) in [5.41, 5.74) is 0.0980. The number of nitrogens with zero attached hydrogens (tertiary/aromatic N) is 1. The molecule has 1 spiro atoms. The highest BCUT2D eigenvalue weighted by Crippen LogP contribution is 2.55. The number of likely N-dealkylation sites (tertiary alicyclic amines) is 1. The predicted octanol–water partition coefficient (Wildman–Crippen LogP) is 3.99. The molecular formula is C16H27NO2. The molecule has 3 heteroatoms. The van der Waals surface area contributed by atoms with Crippen LogP contribution in [0.25, 0.3) is 0 Å². The Bertz CT molecular complexity index is 348. The monoisotopic (exact) mass is 265 g/mol. The van der Waals surface area contributed by atoms with Crippen molar-refractivity contribution in [2.24, 2.45) is 11.3 Å². The summed E-state index contributed by atoms with van der Waals surface area (Å²) in [6.45, 7) is 11.3. The Labute approximate surface area is 117 Å². The molecule has 0 aromatic carbocycles. The van der Waals surface area contributed by atoms with Gasteiger partial charge in [-0.1, -0.05) is 6.08 Å². The summed E-state index contributed by atoms with van der Waals surface area (Å²) in [5.74, 6) is 0.797. The van der Waals surface area contributed by atoms with Crippen LogP contribution < -0.4 is 0 Å². The second kappa shape index (κ2) is 5.18. The predicted molar refractivity (Wildman–Crippen MR) is 77.0 cm³/mol. The van der Waals surface area contributed by atoms with Crippen LogP contribution in [0.1, 0.15) is 52.9 Å². The molecular weight excluding hydrogens is 238 g/mol. The van der Waals surface area contributed by atoms with Crippen LogP contribution in [-0.2, 0) is 4.74 Å². The Morgan fingerprint density at radius 1 is 1.37 bits per heavy atom. The van der Waals surface area contributed by atoms with E-state index in [0.29, 0.717) is 5.41 Å². The molecule has 2 fully saturated rings. The normalized spacial score (nSPS) is 25.8. The van der Waals surface area contributed by atoms with Crippen LogP contribution in [0.15, 0.2) is 12.7 Å². The molecule has 1 aliphatic heterocycles. The number of rotatable bonds is 2. The average molecular weight is 265 g/mol. The van der Waals surface area contributed by atoms with Crippen molar-refractivity contribution in [3.05, 3.63) is 12.7 Å². The standard InChI is InChI=1S/C16H27NO2/c1-5-6-13-7-8-16(13)9-11-17(12-10-16)14(18)19-15(2,3)4/h5,13H,1,6-12H2,2-4H3. The maximum absolute atomic E-state index is 12.0. The molecule has 1 atom stereocenters. The Kier molecular flexibility index (Phi) is 3.93. The molecule has 0 aromatic rings. The number of hydrogen-bond donors (Lipinski definition) is 0. The molecule has 1 saturated carbocycles. The van der Waals surface area contributed by atoms with E-state index in [1.807, 2.05) is 31.7 Å². The van der Waals surface area contributed by atoms with Crippen molar-refractivity contribution >= 4 is 6.09 Å². The number of ether oxygens (including phenoxy) is 1. The molecule has 0 radical (unpaired) electrons. The Balaban J connectivity index is 1.86. The van der Waals surface area contributed by atoms with E-state index in [-0.39, 0.29) is 6.09 Å². The Morgan fingerprint density at radius 2 is 2.00 bits per heavy atom. The maximum atomic E-state index is 12.0. The first kappa shape index (κ1) is 14.4.